The van der Waals surface area contributed by atoms with Crippen LogP contribution in [0.5, 0.6) is 0 Å². The highest BCUT2D eigenvalue weighted by molar-refractivity contribution is 9.10. The van der Waals surface area contributed by atoms with Gasteiger partial charge in [0.2, 0.25) is 0 Å². The van der Waals surface area contributed by atoms with Gasteiger partial charge in [0.1, 0.15) is 0 Å². The maximum Gasteiger partial charge on any atom is 0.0420 e. The summed E-state index contributed by atoms with van der Waals surface area (Å²) in [6, 6.07) is 15.0. The highest BCUT2D eigenvalue weighted by Gasteiger charge is 2.08. The summed E-state index contributed by atoms with van der Waals surface area (Å²) in [4.78, 5) is 5.74. The molecule has 1 unspecified atom stereocenters. The summed E-state index contributed by atoms with van der Waals surface area (Å²) in [7, 11) is 2.01. The van der Waals surface area contributed by atoms with Crippen molar-refractivity contribution in [1.82, 2.24) is 10.3 Å². The maximum absolute atomic E-state index is 4.42. The summed E-state index contributed by atoms with van der Waals surface area (Å²) in [6.45, 7) is 0. The highest BCUT2D eigenvalue weighted by Crippen LogP contribution is 2.19. The molecule has 1 aromatic carbocycles. The van der Waals surface area contributed by atoms with Crippen molar-refractivity contribution in [3.05, 3.63) is 58.8 Å². The molecule has 1 heterocycles. The first-order valence-corrected chi connectivity index (χ1v) is 8.01. The fourth-order valence-corrected chi connectivity index (χ4v) is 3.00. The molecule has 2 nitrogen and oxygen atoms in total. The lowest BCUT2D eigenvalue weighted by molar-refractivity contribution is 0.609. The molecule has 100 valence electrons. The second-order valence-electron chi connectivity index (χ2n) is 4.28. The van der Waals surface area contributed by atoms with Crippen LogP contribution in [0.4, 0.5) is 0 Å². The zero-order chi connectivity index (χ0) is 13.5. The van der Waals surface area contributed by atoms with Gasteiger partial charge >= 0.3 is 0 Å². The number of benzene rings is 1. The molecule has 0 bridgehead atoms. The lowest BCUT2D eigenvalue weighted by atomic mass is 10.2. The van der Waals surface area contributed by atoms with E-state index in [4.69, 9.17) is 0 Å². The summed E-state index contributed by atoms with van der Waals surface area (Å²) in [6.07, 6.45) is 2.80. The minimum absolute atomic E-state index is 0.430. The zero-order valence-corrected chi connectivity index (χ0v) is 13.2. The molecule has 1 N–H and O–H groups in total. The van der Waals surface area contributed by atoms with E-state index in [9.17, 15) is 0 Å². The fraction of sp³-hybridized carbons (Fsp3) is 0.267. The number of nitrogens with one attached hydrogen (secondary N) is 1. The number of likely N-dealkylation sites (N-methyl/N-ethyl adjacent to an activating group) is 1. The number of aromatic nitrogens is 1. The van der Waals surface area contributed by atoms with Gasteiger partial charge in [0.05, 0.1) is 0 Å². The maximum atomic E-state index is 4.42. The molecule has 2 rings (SSSR count). The van der Waals surface area contributed by atoms with Crippen LogP contribution in [-0.4, -0.2) is 23.8 Å². The Hall–Kier alpha value is -0.840. The van der Waals surface area contributed by atoms with Crippen molar-refractivity contribution in [3.8, 4) is 0 Å². The van der Waals surface area contributed by atoms with Crippen molar-refractivity contribution in [3.63, 3.8) is 0 Å². The lowest BCUT2D eigenvalue weighted by Gasteiger charge is -2.15. The van der Waals surface area contributed by atoms with Crippen LogP contribution in [0.2, 0.25) is 0 Å². The number of hydrogen-bond acceptors (Lipinski definition) is 3. The summed E-state index contributed by atoms with van der Waals surface area (Å²) in [5.74, 6) is 1.04. The van der Waals surface area contributed by atoms with Crippen LogP contribution in [0, 0.1) is 0 Å². The molecule has 0 saturated carbocycles. The number of nitrogens with zero attached hydrogens (tertiary/aromatic N) is 1. The minimum Gasteiger partial charge on any atom is -0.316 e. The van der Waals surface area contributed by atoms with E-state index in [-0.39, 0.29) is 0 Å². The number of rotatable bonds is 6. The van der Waals surface area contributed by atoms with Gasteiger partial charge in [0.15, 0.2) is 0 Å². The normalized spacial score (nSPS) is 12.3. The molecule has 0 spiro atoms. The predicted molar refractivity (Wildman–Crippen MR) is 85.7 cm³/mol. The van der Waals surface area contributed by atoms with E-state index >= 15 is 0 Å². The van der Waals surface area contributed by atoms with Gasteiger partial charge in [-0.1, -0.05) is 18.2 Å². The molecule has 0 radical (unpaired) electrons. The van der Waals surface area contributed by atoms with Gasteiger partial charge in [0.25, 0.3) is 0 Å². The second-order valence-corrected chi connectivity index (χ2v) is 6.29. The first-order chi connectivity index (χ1) is 9.28. The van der Waals surface area contributed by atoms with Gasteiger partial charge in [-0.3, -0.25) is 4.98 Å². The van der Waals surface area contributed by atoms with Crippen molar-refractivity contribution in [2.24, 2.45) is 0 Å². The van der Waals surface area contributed by atoms with Crippen LogP contribution in [0.1, 0.15) is 5.69 Å². The molecule has 0 fully saturated rings. The Bertz CT molecular complexity index is 487. The second kappa shape index (κ2) is 7.68. The van der Waals surface area contributed by atoms with E-state index in [0.717, 1.165) is 22.3 Å². The number of halogens is 1. The number of thioether (sulfide) groups is 1. The van der Waals surface area contributed by atoms with Gasteiger partial charge < -0.3 is 5.32 Å². The molecule has 0 amide bonds. The van der Waals surface area contributed by atoms with Crippen molar-refractivity contribution in [1.29, 1.82) is 0 Å². The van der Waals surface area contributed by atoms with E-state index in [1.807, 2.05) is 37.1 Å². The van der Waals surface area contributed by atoms with Crippen LogP contribution >= 0.6 is 27.7 Å². The predicted octanol–water partition coefficient (Wildman–Crippen LogP) is 3.77. The quantitative estimate of drug-likeness (QED) is 0.813. The van der Waals surface area contributed by atoms with Crippen molar-refractivity contribution in [2.45, 2.75) is 17.4 Å². The average molecular weight is 337 g/mol. The number of hydrogen-bond donors (Lipinski definition) is 1. The molecule has 0 aliphatic carbocycles. The molecule has 1 atom stereocenters. The van der Waals surface area contributed by atoms with Gasteiger partial charge in [-0.25, -0.2) is 0 Å². The first kappa shape index (κ1) is 14.6. The van der Waals surface area contributed by atoms with Gasteiger partial charge in [0, 0.05) is 39.5 Å². The highest BCUT2D eigenvalue weighted by atomic mass is 79.9. The van der Waals surface area contributed by atoms with Crippen LogP contribution in [0.25, 0.3) is 0 Å². The van der Waals surface area contributed by atoms with Crippen molar-refractivity contribution >= 4 is 27.7 Å². The molecule has 0 aliphatic rings. The van der Waals surface area contributed by atoms with Crippen LogP contribution in [0.15, 0.2) is 58.0 Å². The number of pyridine rings is 1. The van der Waals surface area contributed by atoms with Crippen LogP contribution in [0.3, 0.4) is 0 Å². The Morgan fingerprint density at radius 1 is 1.21 bits per heavy atom. The molecule has 0 aliphatic heterocycles. The van der Waals surface area contributed by atoms with E-state index in [1.165, 1.54) is 4.90 Å². The van der Waals surface area contributed by atoms with Crippen LogP contribution in [-0.2, 0) is 6.42 Å². The Balaban J connectivity index is 1.88. The summed E-state index contributed by atoms with van der Waals surface area (Å²) in [5.41, 5.74) is 1.12. The Labute approximate surface area is 127 Å². The Kier molecular flexibility index (Phi) is 5.89. The summed E-state index contributed by atoms with van der Waals surface area (Å²) >= 11 is 5.28. The smallest absolute Gasteiger partial charge is 0.0420 e. The molecular weight excluding hydrogens is 320 g/mol. The molecule has 0 saturated heterocycles. The van der Waals surface area contributed by atoms with Gasteiger partial charge in [-0.15, -0.1) is 11.8 Å². The minimum atomic E-state index is 0.430. The van der Waals surface area contributed by atoms with E-state index in [0.29, 0.717) is 6.04 Å². The van der Waals surface area contributed by atoms with E-state index < -0.39 is 0 Å². The molecule has 2 aromatic rings. The van der Waals surface area contributed by atoms with E-state index in [1.54, 1.807) is 0 Å². The SMILES string of the molecule is CNC(CSc1ccccc1)Cc1ccc(Br)cn1. The summed E-state index contributed by atoms with van der Waals surface area (Å²) in [5, 5.41) is 3.36. The van der Waals surface area contributed by atoms with Gasteiger partial charge in [-0.05, 0) is 47.2 Å². The first-order valence-electron chi connectivity index (χ1n) is 6.23. The Morgan fingerprint density at radius 3 is 2.63 bits per heavy atom. The average Bonchev–Trinajstić information content (AvgIpc) is 2.46. The lowest BCUT2D eigenvalue weighted by Crippen LogP contribution is -2.30. The monoisotopic (exact) mass is 336 g/mol. The molecule has 19 heavy (non-hydrogen) atoms. The third kappa shape index (κ3) is 4.97. The molecule has 4 heteroatoms. The summed E-state index contributed by atoms with van der Waals surface area (Å²) < 4.78 is 1.02. The third-order valence-electron chi connectivity index (χ3n) is 2.85. The Morgan fingerprint density at radius 2 is 2.00 bits per heavy atom. The zero-order valence-electron chi connectivity index (χ0n) is 10.8. The molecular formula is C15H17BrN2S. The van der Waals surface area contributed by atoms with Crippen LogP contribution < -0.4 is 5.32 Å². The standard InChI is InChI=1S/C15H17BrN2S/c1-17-14(9-13-8-7-12(16)10-18-13)11-19-15-5-3-2-4-6-15/h2-8,10,14,17H,9,11H2,1H3. The van der Waals surface area contributed by atoms with Gasteiger partial charge in [-0.2, -0.15) is 0 Å². The fourth-order valence-electron chi connectivity index (χ4n) is 1.74. The van der Waals surface area contributed by atoms with Crippen molar-refractivity contribution in [2.75, 3.05) is 12.8 Å². The largest absolute Gasteiger partial charge is 0.316 e. The third-order valence-corrected chi connectivity index (χ3v) is 4.49. The topological polar surface area (TPSA) is 24.9 Å². The van der Waals surface area contributed by atoms with Crippen molar-refractivity contribution < 1.29 is 0 Å². The molecule has 1 aromatic heterocycles. The van der Waals surface area contributed by atoms with E-state index in [2.05, 4.69) is 56.6 Å².